The summed E-state index contributed by atoms with van der Waals surface area (Å²) in [5, 5.41) is 6.05. The number of methoxy groups -OCH3 is 1. The molecule has 1 aromatic heterocycles. The third kappa shape index (κ3) is 3.89. The average Bonchev–Trinajstić information content (AvgIpc) is 2.47. The van der Waals surface area contributed by atoms with Crippen molar-refractivity contribution in [3.05, 3.63) is 52.3 Å². The summed E-state index contributed by atoms with van der Waals surface area (Å²) in [4.78, 5) is 16.2. The fourth-order valence-electron chi connectivity index (χ4n) is 2.15. The predicted molar refractivity (Wildman–Crippen MR) is 87.6 cm³/mol. The number of ether oxygens (including phenoxy) is 1. The maximum absolute atomic E-state index is 11.9. The average molecular weight is 320 g/mol. The Bertz CT molecular complexity index is 689. The van der Waals surface area contributed by atoms with Crippen molar-refractivity contribution in [1.82, 2.24) is 10.3 Å². The number of carbonyl (C=O) groups is 1. The van der Waals surface area contributed by atoms with Crippen LogP contribution >= 0.6 is 11.6 Å². The number of nitrogens with one attached hydrogen (secondary N) is 2. The molecule has 116 valence electrons. The molecule has 0 aliphatic rings. The standard InChI is InChI=1S/C16H18ClN3O2/c1-10-8-18-14(11(2)15(10)22-3)9-19-16(21)20-13-6-4-5-12(17)7-13/h4-8H,9H2,1-3H3,(H2,19,20,21). The molecule has 0 unspecified atom stereocenters. The van der Waals surface area contributed by atoms with Crippen LogP contribution < -0.4 is 15.4 Å². The highest BCUT2D eigenvalue weighted by atomic mass is 35.5. The van der Waals surface area contributed by atoms with Crippen molar-refractivity contribution in [3.8, 4) is 5.75 Å². The van der Waals surface area contributed by atoms with Crippen LogP contribution in [0.4, 0.5) is 10.5 Å². The first-order valence-corrected chi connectivity index (χ1v) is 7.18. The van der Waals surface area contributed by atoms with E-state index in [1.807, 2.05) is 13.8 Å². The Morgan fingerprint density at radius 1 is 1.36 bits per heavy atom. The van der Waals surface area contributed by atoms with Crippen LogP contribution in [0.15, 0.2) is 30.5 Å². The molecule has 5 nitrogen and oxygen atoms in total. The predicted octanol–water partition coefficient (Wildman–Crippen LogP) is 3.68. The number of anilines is 1. The van der Waals surface area contributed by atoms with E-state index >= 15 is 0 Å². The summed E-state index contributed by atoms with van der Waals surface area (Å²) in [6, 6.07) is 6.65. The second-order valence-electron chi connectivity index (χ2n) is 4.86. The van der Waals surface area contributed by atoms with Crippen LogP contribution in [0.2, 0.25) is 5.02 Å². The molecule has 0 saturated carbocycles. The summed E-state index contributed by atoms with van der Waals surface area (Å²) >= 11 is 5.87. The molecule has 0 atom stereocenters. The SMILES string of the molecule is COc1c(C)cnc(CNC(=O)Nc2cccc(Cl)c2)c1C. The van der Waals surface area contributed by atoms with E-state index in [0.29, 0.717) is 17.3 Å². The number of urea groups is 1. The first-order valence-electron chi connectivity index (χ1n) is 6.80. The number of aryl methyl sites for hydroxylation is 1. The molecule has 2 rings (SSSR count). The molecule has 0 spiro atoms. The van der Waals surface area contributed by atoms with Gasteiger partial charge < -0.3 is 15.4 Å². The van der Waals surface area contributed by atoms with Gasteiger partial charge in [0.1, 0.15) is 5.75 Å². The van der Waals surface area contributed by atoms with Gasteiger partial charge in [0.15, 0.2) is 0 Å². The van der Waals surface area contributed by atoms with Crippen LogP contribution in [-0.2, 0) is 6.54 Å². The monoisotopic (exact) mass is 319 g/mol. The number of aromatic nitrogens is 1. The summed E-state index contributed by atoms with van der Waals surface area (Å²) in [5.74, 6) is 0.794. The van der Waals surface area contributed by atoms with Gasteiger partial charge >= 0.3 is 6.03 Å². The molecular formula is C16H18ClN3O2. The van der Waals surface area contributed by atoms with E-state index in [9.17, 15) is 4.79 Å². The lowest BCUT2D eigenvalue weighted by molar-refractivity contribution is 0.251. The van der Waals surface area contributed by atoms with Crippen molar-refractivity contribution in [2.75, 3.05) is 12.4 Å². The highest BCUT2D eigenvalue weighted by Crippen LogP contribution is 2.23. The number of benzene rings is 1. The number of hydrogen-bond donors (Lipinski definition) is 2. The number of pyridine rings is 1. The molecule has 1 heterocycles. The van der Waals surface area contributed by atoms with Crippen LogP contribution in [0.1, 0.15) is 16.8 Å². The van der Waals surface area contributed by atoms with Crippen LogP contribution in [-0.4, -0.2) is 18.1 Å². The first-order chi connectivity index (χ1) is 10.5. The minimum absolute atomic E-state index is 0.314. The molecule has 2 aromatic rings. The highest BCUT2D eigenvalue weighted by molar-refractivity contribution is 6.30. The van der Waals surface area contributed by atoms with Gasteiger partial charge in [0.2, 0.25) is 0 Å². The Morgan fingerprint density at radius 3 is 2.82 bits per heavy atom. The van der Waals surface area contributed by atoms with Gasteiger partial charge in [-0.3, -0.25) is 4.98 Å². The summed E-state index contributed by atoms with van der Waals surface area (Å²) in [6.07, 6.45) is 1.73. The lowest BCUT2D eigenvalue weighted by Gasteiger charge is -2.13. The Labute approximate surface area is 134 Å². The zero-order valence-corrected chi connectivity index (χ0v) is 13.5. The Morgan fingerprint density at radius 2 is 2.14 bits per heavy atom. The molecule has 2 N–H and O–H groups in total. The van der Waals surface area contributed by atoms with Crippen molar-refractivity contribution >= 4 is 23.3 Å². The van der Waals surface area contributed by atoms with Crippen LogP contribution in [0.5, 0.6) is 5.75 Å². The summed E-state index contributed by atoms with van der Waals surface area (Å²) < 4.78 is 5.35. The molecule has 2 amide bonds. The zero-order chi connectivity index (χ0) is 16.1. The summed E-state index contributed by atoms with van der Waals surface area (Å²) in [5.41, 5.74) is 3.29. The third-order valence-corrected chi connectivity index (χ3v) is 3.48. The zero-order valence-electron chi connectivity index (χ0n) is 12.7. The molecule has 0 saturated heterocycles. The van der Waals surface area contributed by atoms with Crippen LogP contribution in [0.3, 0.4) is 0 Å². The normalized spacial score (nSPS) is 10.2. The quantitative estimate of drug-likeness (QED) is 0.903. The maximum atomic E-state index is 11.9. The number of hydrogen-bond acceptors (Lipinski definition) is 3. The number of rotatable bonds is 4. The van der Waals surface area contributed by atoms with Gasteiger partial charge in [-0.15, -0.1) is 0 Å². The molecule has 22 heavy (non-hydrogen) atoms. The summed E-state index contributed by atoms with van der Waals surface area (Å²) in [7, 11) is 1.62. The van der Waals surface area contributed by atoms with E-state index in [0.717, 1.165) is 22.6 Å². The molecule has 0 aliphatic carbocycles. The molecule has 0 aliphatic heterocycles. The van der Waals surface area contributed by atoms with Gasteiger partial charge in [-0.1, -0.05) is 17.7 Å². The lowest BCUT2D eigenvalue weighted by Crippen LogP contribution is -2.28. The smallest absolute Gasteiger partial charge is 0.319 e. The minimum atomic E-state index is -0.317. The summed E-state index contributed by atoms with van der Waals surface area (Å²) in [6.45, 7) is 4.17. The van der Waals surface area contributed by atoms with Gasteiger partial charge in [0.05, 0.1) is 19.3 Å². The van der Waals surface area contributed by atoms with E-state index < -0.39 is 0 Å². The van der Waals surface area contributed by atoms with E-state index in [1.54, 1.807) is 37.6 Å². The van der Waals surface area contributed by atoms with Gasteiger partial charge in [-0.25, -0.2) is 4.79 Å². The first kappa shape index (κ1) is 16.1. The van der Waals surface area contributed by atoms with Crippen molar-refractivity contribution in [2.45, 2.75) is 20.4 Å². The van der Waals surface area contributed by atoms with Gasteiger partial charge in [-0.05, 0) is 32.0 Å². The third-order valence-electron chi connectivity index (χ3n) is 3.25. The second-order valence-corrected chi connectivity index (χ2v) is 5.30. The molecule has 1 aromatic carbocycles. The van der Waals surface area contributed by atoms with Crippen LogP contribution in [0.25, 0.3) is 0 Å². The fraction of sp³-hybridized carbons (Fsp3) is 0.250. The minimum Gasteiger partial charge on any atom is -0.496 e. The van der Waals surface area contributed by atoms with Crippen molar-refractivity contribution < 1.29 is 9.53 Å². The van der Waals surface area contributed by atoms with Crippen molar-refractivity contribution in [1.29, 1.82) is 0 Å². The van der Waals surface area contributed by atoms with Crippen molar-refractivity contribution in [3.63, 3.8) is 0 Å². The van der Waals surface area contributed by atoms with E-state index in [4.69, 9.17) is 16.3 Å². The topological polar surface area (TPSA) is 63.2 Å². The lowest BCUT2D eigenvalue weighted by atomic mass is 10.1. The van der Waals surface area contributed by atoms with E-state index in [-0.39, 0.29) is 6.03 Å². The Hall–Kier alpha value is -2.27. The van der Waals surface area contributed by atoms with Gasteiger partial charge in [-0.2, -0.15) is 0 Å². The molecule has 0 radical (unpaired) electrons. The molecule has 6 heteroatoms. The largest absolute Gasteiger partial charge is 0.496 e. The number of carbonyl (C=O) groups excluding carboxylic acids is 1. The molecule has 0 fully saturated rings. The van der Waals surface area contributed by atoms with Crippen molar-refractivity contribution in [2.24, 2.45) is 0 Å². The molecular weight excluding hydrogens is 302 g/mol. The van der Waals surface area contributed by atoms with Crippen LogP contribution in [0, 0.1) is 13.8 Å². The Balaban J connectivity index is 2.00. The fourth-order valence-corrected chi connectivity index (χ4v) is 2.35. The maximum Gasteiger partial charge on any atom is 0.319 e. The number of halogens is 1. The number of amides is 2. The second kappa shape index (κ2) is 7.13. The van der Waals surface area contributed by atoms with E-state index in [2.05, 4.69) is 15.6 Å². The highest BCUT2D eigenvalue weighted by Gasteiger charge is 2.10. The molecule has 0 bridgehead atoms. The Kier molecular flexibility index (Phi) is 5.22. The van der Waals surface area contributed by atoms with Gasteiger partial charge in [0.25, 0.3) is 0 Å². The van der Waals surface area contributed by atoms with E-state index in [1.165, 1.54) is 0 Å². The van der Waals surface area contributed by atoms with Gasteiger partial charge in [0, 0.05) is 28.0 Å². The number of nitrogens with zero attached hydrogens (tertiary/aromatic N) is 1.